The minimum absolute atomic E-state index is 0.143. The van der Waals surface area contributed by atoms with Crippen LogP contribution in [0.2, 0.25) is 0 Å². The summed E-state index contributed by atoms with van der Waals surface area (Å²) in [5.41, 5.74) is 1.94. The van der Waals surface area contributed by atoms with E-state index in [1.165, 1.54) is 0 Å². The molecule has 1 aliphatic rings. The van der Waals surface area contributed by atoms with Crippen LogP contribution in [-0.2, 0) is 0 Å². The summed E-state index contributed by atoms with van der Waals surface area (Å²) in [7, 11) is 0. The average Bonchev–Trinajstić information content (AvgIpc) is 2.56. The van der Waals surface area contributed by atoms with Crippen LogP contribution in [0, 0.1) is 13.1 Å². The lowest BCUT2D eigenvalue weighted by molar-refractivity contribution is -0.548. The van der Waals surface area contributed by atoms with Crippen molar-refractivity contribution in [3.63, 3.8) is 0 Å². The second-order valence-electron chi connectivity index (χ2n) is 5.37. The van der Waals surface area contributed by atoms with Crippen molar-refractivity contribution in [3.05, 3.63) is 72.7 Å². The van der Waals surface area contributed by atoms with E-state index < -0.39 is 0 Å². The molecule has 1 aliphatic heterocycles. The molecule has 0 radical (unpaired) electrons. The summed E-state index contributed by atoms with van der Waals surface area (Å²) in [6.07, 6.45) is 0. The van der Waals surface area contributed by atoms with Gasteiger partial charge in [0, 0.05) is 0 Å². The Kier molecular flexibility index (Phi) is 4.52. The van der Waals surface area contributed by atoms with E-state index in [4.69, 9.17) is 9.47 Å². The molecule has 0 bridgehead atoms. The Hall–Kier alpha value is -2.88. The average molecular weight is 308 g/mol. The maximum atomic E-state index is 5.78. The fourth-order valence-electron chi connectivity index (χ4n) is 2.37. The van der Waals surface area contributed by atoms with Crippen LogP contribution >= 0.6 is 0 Å². The van der Waals surface area contributed by atoms with Gasteiger partial charge in [0.15, 0.2) is 13.1 Å². The lowest BCUT2D eigenvalue weighted by Crippen LogP contribution is -2.20. The highest BCUT2D eigenvalue weighted by molar-refractivity contribution is 5.39. The maximum absolute atomic E-state index is 5.78. The number of ether oxygens (including phenoxy) is 2. The van der Waals surface area contributed by atoms with Crippen LogP contribution in [0.3, 0.4) is 0 Å². The molecule has 0 atom stereocenters. The number of rotatable bonds is 0. The fourth-order valence-corrected chi connectivity index (χ4v) is 2.37. The van der Waals surface area contributed by atoms with E-state index in [-0.39, 0.29) is 6.79 Å². The zero-order valence-corrected chi connectivity index (χ0v) is 13.0. The smallest absolute Gasteiger partial charge is 0.210 e. The van der Waals surface area contributed by atoms with Crippen LogP contribution in [0.4, 0.5) is 0 Å². The van der Waals surface area contributed by atoms with Crippen molar-refractivity contribution < 1.29 is 18.6 Å². The number of para-hydroxylation sites is 2. The van der Waals surface area contributed by atoms with Gasteiger partial charge in [0.05, 0.1) is 38.0 Å². The Morgan fingerprint density at radius 1 is 0.739 bits per heavy atom. The predicted molar refractivity (Wildman–Crippen MR) is 90.3 cm³/mol. The first-order valence-electron chi connectivity index (χ1n) is 7.50. The van der Waals surface area contributed by atoms with Crippen LogP contribution in [0.1, 0.15) is 11.1 Å². The summed E-state index contributed by atoms with van der Waals surface area (Å²) >= 11 is 0. The lowest BCUT2D eigenvalue weighted by Gasteiger charge is -2.18. The van der Waals surface area contributed by atoms with Crippen molar-refractivity contribution in [2.75, 3.05) is 19.9 Å². The quantitative estimate of drug-likeness (QED) is 0.552. The van der Waals surface area contributed by atoms with Gasteiger partial charge in [-0.2, -0.15) is 0 Å². The normalized spacial score (nSPS) is 15.1. The molecule has 3 rings (SSSR count). The molecule has 0 aromatic heterocycles. The molecule has 4 nitrogen and oxygen atoms in total. The fraction of sp³-hybridized carbons (Fsp3) is 0.158. The SMILES string of the molecule is C=[N+]1[CH-]c2ccccc2OCOc2ccccc2[CH-][N+](=C)CC1. The van der Waals surface area contributed by atoms with Gasteiger partial charge in [-0.3, -0.25) is 9.15 Å². The summed E-state index contributed by atoms with van der Waals surface area (Å²) in [5.74, 6) is 1.54. The third-order valence-electron chi connectivity index (χ3n) is 3.58. The van der Waals surface area contributed by atoms with Crippen molar-refractivity contribution in [2.24, 2.45) is 0 Å². The molecule has 2 aromatic carbocycles. The van der Waals surface area contributed by atoms with Crippen molar-refractivity contribution in [1.29, 1.82) is 0 Å². The molecule has 2 aromatic rings. The molecule has 0 saturated heterocycles. The highest BCUT2D eigenvalue weighted by Gasteiger charge is 2.09. The summed E-state index contributed by atoms with van der Waals surface area (Å²) < 4.78 is 15.3. The zero-order valence-electron chi connectivity index (χ0n) is 13.0. The Bertz CT molecular complexity index is 663. The van der Waals surface area contributed by atoms with Crippen molar-refractivity contribution in [2.45, 2.75) is 0 Å². The maximum Gasteiger partial charge on any atom is 0.210 e. The Morgan fingerprint density at radius 2 is 1.17 bits per heavy atom. The number of fused-ring (bicyclic) bond motifs is 2. The second-order valence-corrected chi connectivity index (χ2v) is 5.37. The van der Waals surface area contributed by atoms with Crippen LogP contribution in [0.25, 0.3) is 0 Å². The summed E-state index contributed by atoms with van der Waals surface area (Å²) in [5, 5.41) is 0. The van der Waals surface area contributed by atoms with Crippen LogP contribution in [0.15, 0.2) is 48.5 Å². The first kappa shape index (κ1) is 15.0. The number of nitrogens with zero attached hydrogens (tertiary/aromatic N) is 2. The first-order chi connectivity index (χ1) is 11.2. The van der Waals surface area contributed by atoms with Crippen LogP contribution in [-0.4, -0.2) is 42.5 Å². The Balaban J connectivity index is 1.87. The summed E-state index contributed by atoms with van der Waals surface area (Å²) in [6, 6.07) is 15.7. The van der Waals surface area contributed by atoms with Crippen molar-refractivity contribution in [1.82, 2.24) is 0 Å². The van der Waals surface area contributed by atoms with Gasteiger partial charge in [-0.25, -0.2) is 0 Å². The topological polar surface area (TPSA) is 24.5 Å². The van der Waals surface area contributed by atoms with E-state index >= 15 is 0 Å². The number of hydrogen-bond acceptors (Lipinski definition) is 2. The van der Waals surface area contributed by atoms with Crippen LogP contribution in [0.5, 0.6) is 11.5 Å². The highest BCUT2D eigenvalue weighted by atomic mass is 16.7. The van der Waals surface area contributed by atoms with Gasteiger partial charge in [0.1, 0.15) is 0 Å². The third kappa shape index (κ3) is 3.86. The van der Waals surface area contributed by atoms with Gasteiger partial charge < -0.3 is 9.47 Å². The summed E-state index contributed by atoms with van der Waals surface area (Å²) in [4.78, 5) is 0. The Morgan fingerprint density at radius 3 is 1.65 bits per heavy atom. The molecule has 118 valence electrons. The van der Waals surface area contributed by atoms with E-state index in [0.717, 1.165) is 35.7 Å². The van der Waals surface area contributed by atoms with Gasteiger partial charge in [0.2, 0.25) is 6.79 Å². The molecular formula is C19H20N2O2. The largest absolute Gasteiger partial charge is 0.504 e. The molecule has 1 heterocycles. The van der Waals surface area contributed by atoms with Crippen molar-refractivity contribution in [3.8, 4) is 11.5 Å². The standard InChI is InChI=1S/C19H20N2O2/c1-20-11-12-21(2)14-17-8-4-6-10-19(17)23-15-22-18-9-5-3-7-16(18)13-20/h3-10,13-14H,1-2,11-12,15H2. The van der Waals surface area contributed by atoms with E-state index in [2.05, 4.69) is 13.4 Å². The molecule has 4 heteroatoms. The van der Waals surface area contributed by atoms with Gasteiger partial charge >= 0.3 is 0 Å². The number of benzene rings is 2. The van der Waals surface area contributed by atoms with E-state index in [9.17, 15) is 0 Å². The molecule has 0 aliphatic carbocycles. The molecule has 0 fully saturated rings. The molecule has 0 N–H and O–H groups in total. The molecule has 0 unspecified atom stereocenters. The third-order valence-corrected chi connectivity index (χ3v) is 3.58. The van der Waals surface area contributed by atoms with Crippen LogP contribution < -0.4 is 9.47 Å². The van der Waals surface area contributed by atoms with Gasteiger partial charge in [0.25, 0.3) is 0 Å². The highest BCUT2D eigenvalue weighted by Crippen LogP contribution is 2.23. The first-order valence-corrected chi connectivity index (χ1v) is 7.50. The minimum atomic E-state index is 0.143. The van der Waals surface area contributed by atoms with Crippen molar-refractivity contribution >= 4 is 13.4 Å². The molecule has 0 saturated carbocycles. The molecular weight excluding hydrogens is 288 g/mol. The predicted octanol–water partition coefficient (Wildman–Crippen LogP) is 2.56. The molecule has 0 amide bonds. The molecule has 0 spiro atoms. The second kappa shape index (κ2) is 6.92. The van der Waals surface area contributed by atoms with Gasteiger partial charge in [-0.1, -0.05) is 24.3 Å². The zero-order chi connectivity index (χ0) is 16.1. The monoisotopic (exact) mass is 308 g/mol. The summed E-state index contributed by atoms with van der Waals surface area (Å²) in [6.45, 7) is 13.7. The van der Waals surface area contributed by atoms with E-state index in [1.807, 2.05) is 70.8 Å². The number of hydrogen-bond donors (Lipinski definition) is 0. The van der Waals surface area contributed by atoms with Gasteiger partial charge in [-0.15, -0.1) is 24.3 Å². The van der Waals surface area contributed by atoms with E-state index in [0.29, 0.717) is 0 Å². The van der Waals surface area contributed by atoms with E-state index in [1.54, 1.807) is 0 Å². The molecule has 23 heavy (non-hydrogen) atoms. The lowest BCUT2D eigenvalue weighted by atomic mass is 10.2. The Labute approximate surface area is 136 Å². The van der Waals surface area contributed by atoms with Gasteiger partial charge in [-0.05, 0) is 11.1 Å². The minimum Gasteiger partial charge on any atom is -0.504 e.